The Morgan fingerprint density at radius 3 is 2.29 bits per heavy atom. The normalized spacial score (nSPS) is 41.2. The zero-order valence-corrected chi connectivity index (χ0v) is 18.2. The molecule has 3 heterocycles. The van der Waals surface area contributed by atoms with Gasteiger partial charge in [0.05, 0.1) is 0 Å². The largest absolute Gasteiger partial charge is 0.353 e. The van der Waals surface area contributed by atoms with Crippen LogP contribution in [0.5, 0.6) is 0 Å². The number of piperidine rings is 2. The molecule has 6 atom stereocenters. The number of carbonyl (C=O) groups excluding carboxylic acids is 1. The van der Waals surface area contributed by atoms with Crippen molar-refractivity contribution in [3.8, 4) is 0 Å². The topological polar surface area (TPSA) is 36.1 Å². The second-order valence-corrected chi connectivity index (χ2v) is 11.0. The number of nitrogens with zero attached hydrogens (tertiary/aromatic N) is 2. The second kappa shape index (κ2) is 8.85. The lowest BCUT2D eigenvalue weighted by Crippen LogP contribution is -2.48. The van der Waals surface area contributed by atoms with Crippen molar-refractivity contribution in [2.24, 2.45) is 11.8 Å². The number of hydrogen-bond acceptors (Lipinski definition) is 4. The third-order valence-corrected chi connectivity index (χ3v) is 9.20. The summed E-state index contributed by atoms with van der Waals surface area (Å²) in [6.45, 7) is 2.22. The van der Waals surface area contributed by atoms with Gasteiger partial charge in [0, 0.05) is 30.9 Å². The van der Waals surface area contributed by atoms with Gasteiger partial charge in [0.2, 0.25) is 0 Å². The fourth-order valence-electron chi connectivity index (χ4n) is 6.81. The van der Waals surface area contributed by atoms with Crippen LogP contribution in [0.3, 0.4) is 0 Å². The number of thioether (sulfide) groups is 1. The highest BCUT2D eigenvalue weighted by Crippen LogP contribution is 2.42. The summed E-state index contributed by atoms with van der Waals surface area (Å²) in [5.41, 5.74) is 0. The fourth-order valence-corrected chi connectivity index (χ4v) is 7.73. The van der Waals surface area contributed by atoms with Crippen molar-refractivity contribution in [1.82, 2.24) is 9.80 Å². The van der Waals surface area contributed by atoms with Gasteiger partial charge >= 0.3 is 0 Å². The Balaban J connectivity index is 1.07. The van der Waals surface area contributed by atoms with Crippen molar-refractivity contribution >= 4 is 17.0 Å². The summed E-state index contributed by atoms with van der Waals surface area (Å²) in [6.07, 6.45) is 18.0. The van der Waals surface area contributed by atoms with Gasteiger partial charge in [0.15, 0.2) is 0 Å². The van der Waals surface area contributed by atoms with E-state index in [0.29, 0.717) is 23.6 Å². The Morgan fingerprint density at radius 2 is 1.46 bits per heavy atom. The predicted molar refractivity (Wildman–Crippen MR) is 115 cm³/mol. The lowest BCUT2D eigenvalue weighted by Gasteiger charge is -2.44. The lowest BCUT2D eigenvalue weighted by atomic mass is 9.78. The summed E-state index contributed by atoms with van der Waals surface area (Å²) in [7, 11) is 0. The molecule has 158 valence electrons. The Hall–Kier alpha value is -0.260. The summed E-state index contributed by atoms with van der Waals surface area (Å²) >= 11 is 1.57. The van der Waals surface area contributed by atoms with Crippen LogP contribution in [0.2, 0.25) is 0 Å². The van der Waals surface area contributed by atoms with Crippen molar-refractivity contribution in [2.75, 3.05) is 18.8 Å². The van der Waals surface area contributed by atoms with E-state index in [2.05, 4.69) is 9.80 Å². The molecule has 0 bridgehead atoms. The standard InChI is InChI=1S/C23H38N2O2S/c26-23(25-15-6-10-18-8-2-4-12-20(18)25)28-16-13-21-22(27-21)24-14-5-9-17-7-1-3-11-19(17)24/h17-22H,1-16H2. The van der Waals surface area contributed by atoms with E-state index >= 15 is 0 Å². The summed E-state index contributed by atoms with van der Waals surface area (Å²) in [4.78, 5) is 17.8. The molecule has 5 rings (SSSR count). The van der Waals surface area contributed by atoms with Crippen molar-refractivity contribution in [3.05, 3.63) is 0 Å². The summed E-state index contributed by atoms with van der Waals surface area (Å²) < 4.78 is 6.11. The minimum Gasteiger partial charge on any atom is -0.353 e. The molecule has 5 aliphatic rings. The molecule has 3 saturated heterocycles. The minimum atomic E-state index is 0.346. The number of epoxide rings is 1. The van der Waals surface area contributed by atoms with E-state index in [-0.39, 0.29) is 0 Å². The molecule has 6 unspecified atom stereocenters. The van der Waals surface area contributed by atoms with Gasteiger partial charge in [-0.1, -0.05) is 37.4 Å². The SMILES string of the molecule is O=C(SCCC1OC1N1CCCC2CCCCC21)N1CCCC2CCCCC21. The quantitative estimate of drug-likeness (QED) is 0.596. The molecular formula is C23H38N2O2S. The Labute approximate surface area is 175 Å². The van der Waals surface area contributed by atoms with Crippen LogP contribution < -0.4 is 0 Å². The van der Waals surface area contributed by atoms with Crippen molar-refractivity contribution in [2.45, 2.75) is 108 Å². The molecule has 2 saturated carbocycles. The maximum Gasteiger partial charge on any atom is 0.281 e. The summed E-state index contributed by atoms with van der Waals surface area (Å²) in [5.74, 6) is 2.63. The van der Waals surface area contributed by atoms with Gasteiger partial charge in [-0.05, 0) is 69.6 Å². The van der Waals surface area contributed by atoms with Gasteiger partial charge in [-0.25, -0.2) is 0 Å². The average molecular weight is 407 g/mol. The number of rotatable bonds is 4. The highest BCUT2D eigenvalue weighted by atomic mass is 32.2. The van der Waals surface area contributed by atoms with Gasteiger partial charge in [0.1, 0.15) is 12.3 Å². The van der Waals surface area contributed by atoms with Crippen LogP contribution in [0.15, 0.2) is 0 Å². The molecule has 0 aromatic rings. The number of likely N-dealkylation sites (tertiary alicyclic amines) is 2. The number of ether oxygens (including phenoxy) is 1. The van der Waals surface area contributed by atoms with Crippen molar-refractivity contribution in [1.29, 1.82) is 0 Å². The van der Waals surface area contributed by atoms with Gasteiger partial charge in [0.25, 0.3) is 5.24 Å². The average Bonchev–Trinajstić information content (AvgIpc) is 3.52. The van der Waals surface area contributed by atoms with Crippen LogP contribution in [0.1, 0.15) is 83.5 Å². The Kier molecular flexibility index (Phi) is 6.22. The van der Waals surface area contributed by atoms with Crippen LogP contribution in [0.4, 0.5) is 4.79 Å². The van der Waals surface area contributed by atoms with E-state index in [4.69, 9.17) is 4.74 Å². The van der Waals surface area contributed by atoms with Gasteiger partial charge in [-0.2, -0.15) is 0 Å². The summed E-state index contributed by atoms with van der Waals surface area (Å²) in [5, 5.41) is 0.346. The minimum absolute atomic E-state index is 0.346. The van der Waals surface area contributed by atoms with Gasteiger partial charge in [-0.15, -0.1) is 0 Å². The molecule has 0 spiro atoms. The first-order valence-corrected chi connectivity index (χ1v) is 13.1. The highest BCUT2D eigenvalue weighted by Gasteiger charge is 2.48. The molecule has 3 aliphatic heterocycles. The molecule has 0 radical (unpaired) electrons. The molecule has 0 aromatic carbocycles. The zero-order valence-electron chi connectivity index (χ0n) is 17.4. The maximum atomic E-state index is 12.9. The number of amides is 1. The molecule has 0 N–H and O–H groups in total. The molecule has 1 amide bonds. The molecule has 4 nitrogen and oxygen atoms in total. The van der Waals surface area contributed by atoms with Crippen molar-refractivity contribution < 1.29 is 9.53 Å². The van der Waals surface area contributed by atoms with Crippen LogP contribution in [0, 0.1) is 11.8 Å². The van der Waals surface area contributed by atoms with Crippen LogP contribution in [-0.2, 0) is 4.74 Å². The first-order chi connectivity index (χ1) is 13.8. The molecule has 5 heteroatoms. The van der Waals surface area contributed by atoms with E-state index in [1.54, 1.807) is 11.8 Å². The summed E-state index contributed by atoms with van der Waals surface area (Å²) in [6, 6.07) is 1.33. The smallest absolute Gasteiger partial charge is 0.281 e. The molecule has 28 heavy (non-hydrogen) atoms. The number of carbonyl (C=O) groups is 1. The van der Waals surface area contributed by atoms with Gasteiger partial charge in [-0.3, -0.25) is 9.69 Å². The van der Waals surface area contributed by atoms with Crippen LogP contribution in [-0.4, -0.2) is 58.3 Å². The van der Waals surface area contributed by atoms with Crippen molar-refractivity contribution in [3.63, 3.8) is 0 Å². The Bertz CT molecular complexity index is 555. The van der Waals surface area contributed by atoms with E-state index in [9.17, 15) is 4.79 Å². The third kappa shape index (κ3) is 4.13. The Morgan fingerprint density at radius 1 is 0.821 bits per heavy atom. The highest BCUT2D eigenvalue weighted by molar-refractivity contribution is 8.13. The first kappa shape index (κ1) is 19.7. The molecule has 0 aromatic heterocycles. The predicted octanol–water partition coefficient (Wildman–Crippen LogP) is 5.26. The van der Waals surface area contributed by atoms with E-state index in [1.807, 2.05) is 0 Å². The second-order valence-electron chi connectivity index (χ2n) is 9.91. The lowest BCUT2D eigenvalue weighted by molar-refractivity contribution is 0.0247. The van der Waals surface area contributed by atoms with Crippen LogP contribution in [0.25, 0.3) is 0 Å². The van der Waals surface area contributed by atoms with E-state index in [1.165, 1.54) is 83.6 Å². The zero-order chi connectivity index (χ0) is 18.9. The van der Waals surface area contributed by atoms with E-state index in [0.717, 1.165) is 36.6 Å². The fraction of sp³-hybridized carbons (Fsp3) is 0.957. The van der Waals surface area contributed by atoms with Gasteiger partial charge < -0.3 is 9.64 Å². The molecular weight excluding hydrogens is 368 g/mol. The molecule has 2 aliphatic carbocycles. The number of hydrogen-bond donors (Lipinski definition) is 0. The van der Waals surface area contributed by atoms with Crippen LogP contribution >= 0.6 is 11.8 Å². The first-order valence-electron chi connectivity index (χ1n) is 12.2. The monoisotopic (exact) mass is 406 g/mol. The third-order valence-electron chi connectivity index (χ3n) is 8.27. The number of fused-ring (bicyclic) bond motifs is 2. The molecule has 5 fully saturated rings. The van der Waals surface area contributed by atoms with E-state index < -0.39 is 0 Å². The maximum absolute atomic E-state index is 12.9.